The Hall–Kier alpha value is -3.72. The maximum atomic E-state index is 13.2. The minimum absolute atomic E-state index is 0.0747. The van der Waals surface area contributed by atoms with Crippen molar-refractivity contribution in [3.05, 3.63) is 85.1 Å². The Kier molecular flexibility index (Phi) is 5.91. The van der Waals surface area contributed by atoms with Crippen LogP contribution >= 0.6 is 11.3 Å². The number of methoxy groups -OCH3 is 1. The van der Waals surface area contributed by atoms with Gasteiger partial charge in [0.2, 0.25) is 0 Å². The molecule has 2 amide bonds. The summed E-state index contributed by atoms with van der Waals surface area (Å²) in [5.74, 6) is -0.523. The van der Waals surface area contributed by atoms with Gasteiger partial charge in [0.15, 0.2) is 5.75 Å². The number of thiophene rings is 1. The zero-order chi connectivity index (χ0) is 22.8. The van der Waals surface area contributed by atoms with E-state index in [2.05, 4.69) is 11.4 Å². The van der Waals surface area contributed by atoms with Gasteiger partial charge < -0.3 is 15.0 Å². The highest BCUT2D eigenvalue weighted by molar-refractivity contribution is 7.10. The quantitative estimate of drug-likeness (QED) is 0.457. The van der Waals surface area contributed by atoms with E-state index in [0.29, 0.717) is 29.9 Å². The number of carbonyl (C=O) groups is 2. The molecule has 1 N–H and O–H groups in total. The first-order valence-electron chi connectivity index (χ1n) is 9.97. The first kappa shape index (κ1) is 21.5. The molecule has 164 valence electrons. The van der Waals surface area contributed by atoms with E-state index in [-0.39, 0.29) is 22.9 Å². The summed E-state index contributed by atoms with van der Waals surface area (Å²) < 4.78 is 4.98. The van der Waals surface area contributed by atoms with E-state index >= 15 is 0 Å². The van der Waals surface area contributed by atoms with Gasteiger partial charge in [0.1, 0.15) is 0 Å². The molecule has 4 rings (SSSR count). The second kappa shape index (κ2) is 8.80. The van der Waals surface area contributed by atoms with Gasteiger partial charge in [0.05, 0.1) is 12.0 Å². The number of benzene rings is 2. The van der Waals surface area contributed by atoms with E-state index in [4.69, 9.17) is 4.74 Å². The van der Waals surface area contributed by atoms with E-state index < -0.39 is 10.8 Å². The van der Waals surface area contributed by atoms with Crippen LogP contribution in [0.1, 0.15) is 36.7 Å². The summed E-state index contributed by atoms with van der Waals surface area (Å²) in [7, 11) is 1.33. The molecule has 1 aliphatic rings. The highest BCUT2D eigenvalue weighted by atomic mass is 32.1. The van der Waals surface area contributed by atoms with Crippen molar-refractivity contribution in [1.29, 1.82) is 0 Å². The Morgan fingerprint density at radius 3 is 2.78 bits per heavy atom. The van der Waals surface area contributed by atoms with E-state index in [1.165, 1.54) is 35.7 Å². The Balaban J connectivity index is 1.55. The summed E-state index contributed by atoms with van der Waals surface area (Å²) >= 11 is 1.71. The van der Waals surface area contributed by atoms with E-state index in [9.17, 15) is 19.7 Å². The van der Waals surface area contributed by atoms with Crippen molar-refractivity contribution in [2.24, 2.45) is 0 Å². The molecule has 2 heterocycles. The molecule has 0 unspecified atom stereocenters. The number of hydrogen-bond donors (Lipinski definition) is 1. The number of amides is 2. The van der Waals surface area contributed by atoms with Crippen LogP contribution in [-0.2, 0) is 13.0 Å². The average Bonchev–Trinajstić information content (AvgIpc) is 3.27. The summed E-state index contributed by atoms with van der Waals surface area (Å²) in [5, 5.41) is 16.1. The van der Waals surface area contributed by atoms with Crippen molar-refractivity contribution in [2.45, 2.75) is 19.9 Å². The predicted molar refractivity (Wildman–Crippen MR) is 122 cm³/mol. The Labute approximate surface area is 188 Å². The third-order valence-electron chi connectivity index (χ3n) is 5.55. The lowest BCUT2D eigenvalue weighted by molar-refractivity contribution is -0.385. The summed E-state index contributed by atoms with van der Waals surface area (Å²) in [6, 6.07) is 11.2. The first-order valence-corrected chi connectivity index (χ1v) is 10.8. The number of nitrogens with zero attached hydrogens (tertiary/aromatic N) is 2. The Morgan fingerprint density at radius 1 is 1.22 bits per heavy atom. The van der Waals surface area contributed by atoms with Crippen LogP contribution in [0.5, 0.6) is 5.75 Å². The topological polar surface area (TPSA) is 102 Å². The van der Waals surface area contributed by atoms with Crippen molar-refractivity contribution < 1.29 is 19.2 Å². The van der Waals surface area contributed by atoms with Crippen molar-refractivity contribution >= 4 is 34.5 Å². The molecule has 0 bridgehead atoms. The smallest absolute Gasteiger partial charge is 0.311 e. The molecule has 2 aromatic carbocycles. The standard InChI is InChI=1S/C23H21N3O5S/c1-14-17(23(28)25-10-8-21-16(13-25)9-11-32-21)4-3-5-18(14)24-22(27)15-6-7-20(31-2)19(12-15)26(29)30/h3-7,9,11-12H,8,10,13H2,1-2H3,(H,24,27). The van der Waals surface area contributed by atoms with Crippen LogP contribution in [0.2, 0.25) is 0 Å². The molecule has 0 aliphatic carbocycles. The van der Waals surface area contributed by atoms with Crippen LogP contribution in [0.4, 0.5) is 11.4 Å². The molecular weight excluding hydrogens is 430 g/mol. The van der Waals surface area contributed by atoms with Gasteiger partial charge in [-0.25, -0.2) is 0 Å². The second-order valence-electron chi connectivity index (χ2n) is 7.42. The molecule has 0 radical (unpaired) electrons. The lowest BCUT2D eigenvalue weighted by Gasteiger charge is -2.28. The summed E-state index contributed by atoms with van der Waals surface area (Å²) in [6.45, 7) is 3.00. The van der Waals surface area contributed by atoms with Crippen LogP contribution < -0.4 is 10.1 Å². The number of ether oxygens (including phenoxy) is 1. The predicted octanol–water partition coefficient (Wildman–Crippen LogP) is 4.42. The SMILES string of the molecule is COc1ccc(C(=O)Nc2cccc(C(=O)N3CCc4sccc4C3)c2C)cc1[N+](=O)[O-]. The average molecular weight is 452 g/mol. The Bertz CT molecular complexity index is 1220. The third-order valence-corrected chi connectivity index (χ3v) is 6.57. The fraction of sp³-hybridized carbons (Fsp3) is 0.217. The maximum absolute atomic E-state index is 13.2. The highest BCUT2D eigenvalue weighted by Gasteiger charge is 2.25. The fourth-order valence-electron chi connectivity index (χ4n) is 3.76. The minimum atomic E-state index is -0.600. The molecular formula is C23H21N3O5S. The van der Waals surface area contributed by atoms with Crippen LogP contribution in [0.25, 0.3) is 0 Å². The van der Waals surface area contributed by atoms with Crippen LogP contribution in [0.15, 0.2) is 47.8 Å². The van der Waals surface area contributed by atoms with Gasteiger partial charge >= 0.3 is 5.69 Å². The Morgan fingerprint density at radius 2 is 2.03 bits per heavy atom. The molecule has 0 atom stereocenters. The number of rotatable bonds is 5. The first-order chi connectivity index (χ1) is 15.4. The second-order valence-corrected chi connectivity index (χ2v) is 8.42. The monoisotopic (exact) mass is 451 g/mol. The van der Waals surface area contributed by atoms with Gasteiger partial charge in [0.25, 0.3) is 11.8 Å². The lowest BCUT2D eigenvalue weighted by atomic mass is 10.0. The molecule has 0 saturated heterocycles. The van der Waals surface area contributed by atoms with E-state index in [1.807, 2.05) is 10.3 Å². The molecule has 0 saturated carbocycles. The van der Waals surface area contributed by atoms with Gasteiger partial charge in [-0.3, -0.25) is 19.7 Å². The van der Waals surface area contributed by atoms with E-state index in [1.54, 1.807) is 36.5 Å². The van der Waals surface area contributed by atoms with Crippen molar-refractivity contribution in [2.75, 3.05) is 19.0 Å². The molecule has 3 aromatic rings. The number of hydrogen-bond acceptors (Lipinski definition) is 6. The zero-order valence-corrected chi connectivity index (χ0v) is 18.4. The van der Waals surface area contributed by atoms with Gasteiger partial charge in [-0.05, 0) is 60.2 Å². The molecule has 9 heteroatoms. The molecule has 0 spiro atoms. The summed E-state index contributed by atoms with van der Waals surface area (Å²) in [5.41, 5.74) is 2.64. The maximum Gasteiger partial charge on any atom is 0.311 e. The number of fused-ring (bicyclic) bond motifs is 1. The lowest BCUT2D eigenvalue weighted by Crippen LogP contribution is -2.35. The van der Waals surface area contributed by atoms with Crippen molar-refractivity contribution in [3.8, 4) is 5.75 Å². The van der Waals surface area contributed by atoms with Crippen LogP contribution in [0, 0.1) is 17.0 Å². The summed E-state index contributed by atoms with van der Waals surface area (Å²) in [4.78, 5) is 39.7. The fourth-order valence-corrected chi connectivity index (χ4v) is 4.65. The number of nitro benzene ring substituents is 1. The largest absolute Gasteiger partial charge is 0.490 e. The van der Waals surface area contributed by atoms with Crippen LogP contribution in [-0.4, -0.2) is 35.3 Å². The number of anilines is 1. The van der Waals surface area contributed by atoms with Crippen LogP contribution in [0.3, 0.4) is 0 Å². The normalized spacial score (nSPS) is 12.8. The van der Waals surface area contributed by atoms with E-state index in [0.717, 1.165) is 6.42 Å². The molecule has 8 nitrogen and oxygen atoms in total. The van der Waals surface area contributed by atoms with Gasteiger partial charge in [-0.15, -0.1) is 11.3 Å². The highest BCUT2D eigenvalue weighted by Crippen LogP contribution is 2.29. The van der Waals surface area contributed by atoms with Gasteiger partial charge in [-0.2, -0.15) is 0 Å². The van der Waals surface area contributed by atoms with Gasteiger partial charge in [0, 0.05) is 40.8 Å². The molecule has 0 fully saturated rings. The summed E-state index contributed by atoms with van der Waals surface area (Å²) in [6.07, 6.45) is 0.838. The number of carbonyl (C=O) groups excluding carboxylic acids is 2. The molecule has 1 aliphatic heterocycles. The number of nitro groups is 1. The van der Waals surface area contributed by atoms with Crippen molar-refractivity contribution in [3.63, 3.8) is 0 Å². The molecule has 32 heavy (non-hydrogen) atoms. The third kappa shape index (κ3) is 4.06. The van der Waals surface area contributed by atoms with Crippen molar-refractivity contribution in [1.82, 2.24) is 4.90 Å². The minimum Gasteiger partial charge on any atom is -0.490 e. The van der Waals surface area contributed by atoms with Gasteiger partial charge in [-0.1, -0.05) is 6.07 Å². The zero-order valence-electron chi connectivity index (χ0n) is 17.6. The number of nitrogens with one attached hydrogen (secondary N) is 1. The molecule has 1 aromatic heterocycles.